The van der Waals surface area contributed by atoms with Crippen molar-refractivity contribution < 1.29 is 9.26 Å². The number of aromatic nitrogens is 1. The lowest BCUT2D eigenvalue weighted by Crippen LogP contribution is -1.98. The van der Waals surface area contributed by atoms with Gasteiger partial charge >= 0.3 is 0 Å². The molecular formula is C7H11IN2O2. The minimum Gasteiger partial charge on any atom is -0.381 e. The minimum atomic E-state index is 0.460. The highest BCUT2D eigenvalue weighted by Crippen LogP contribution is 2.18. The molecule has 0 unspecified atom stereocenters. The molecule has 4 nitrogen and oxygen atoms in total. The number of nitrogen functional groups attached to an aromatic ring is 1. The van der Waals surface area contributed by atoms with E-state index >= 15 is 0 Å². The molecule has 0 atom stereocenters. The highest BCUT2D eigenvalue weighted by Gasteiger charge is 2.09. The fourth-order valence-corrected chi connectivity index (χ4v) is 1.26. The number of hydrogen-bond acceptors (Lipinski definition) is 4. The zero-order valence-corrected chi connectivity index (χ0v) is 9.00. The lowest BCUT2D eigenvalue weighted by atomic mass is 10.3. The third-order valence-corrected chi connectivity index (χ3v) is 2.56. The van der Waals surface area contributed by atoms with Crippen LogP contribution in [0, 0.1) is 3.57 Å². The SMILES string of the molecule is CCOCCc1onc(N)c1I. The molecule has 0 bridgehead atoms. The van der Waals surface area contributed by atoms with Crippen LogP contribution in [0.2, 0.25) is 0 Å². The molecule has 0 spiro atoms. The van der Waals surface area contributed by atoms with Gasteiger partial charge in [0.05, 0.1) is 10.2 Å². The summed E-state index contributed by atoms with van der Waals surface area (Å²) in [7, 11) is 0. The number of anilines is 1. The molecule has 1 aromatic rings. The van der Waals surface area contributed by atoms with Crippen LogP contribution in [0.15, 0.2) is 4.52 Å². The standard InChI is InChI=1S/C7H11IN2O2/c1-2-11-4-3-5-6(8)7(9)10-12-5/h2-4H2,1H3,(H2,9,10). The number of ether oxygens (including phenoxy) is 1. The van der Waals surface area contributed by atoms with Crippen LogP contribution >= 0.6 is 22.6 Å². The molecule has 0 saturated heterocycles. The molecule has 0 fully saturated rings. The predicted octanol–water partition coefficient (Wildman–Crippen LogP) is 1.44. The molecule has 0 aromatic carbocycles. The van der Waals surface area contributed by atoms with Gasteiger partial charge in [0.1, 0.15) is 0 Å². The summed E-state index contributed by atoms with van der Waals surface area (Å²) in [4.78, 5) is 0. The molecule has 1 heterocycles. The number of nitrogens with zero attached hydrogens (tertiary/aromatic N) is 1. The van der Waals surface area contributed by atoms with E-state index in [4.69, 9.17) is 15.0 Å². The van der Waals surface area contributed by atoms with Crippen LogP contribution < -0.4 is 5.73 Å². The van der Waals surface area contributed by atoms with Crippen LogP contribution in [-0.4, -0.2) is 18.4 Å². The van der Waals surface area contributed by atoms with Crippen LogP contribution in [0.5, 0.6) is 0 Å². The van der Waals surface area contributed by atoms with Crippen molar-refractivity contribution in [1.29, 1.82) is 0 Å². The van der Waals surface area contributed by atoms with E-state index in [0.717, 1.165) is 22.4 Å². The molecule has 0 amide bonds. The van der Waals surface area contributed by atoms with Gasteiger partial charge in [-0.1, -0.05) is 5.16 Å². The molecule has 68 valence electrons. The van der Waals surface area contributed by atoms with E-state index in [1.54, 1.807) is 0 Å². The van der Waals surface area contributed by atoms with Gasteiger partial charge in [-0.3, -0.25) is 0 Å². The smallest absolute Gasteiger partial charge is 0.180 e. The quantitative estimate of drug-likeness (QED) is 0.670. The van der Waals surface area contributed by atoms with Crippen LogP contribution in [0.1, 0.15) is 12.7 Å². The highest BCUT2D eigenvalue weighted by molar-refractivity contribution is 14.1. The molecule has 0 aliphatic rings. The van der Waals surface area contributed by atoms with Crippen molar-refractivity contribution in [1.82, 2.24) is 5.16 Å². The van der Waals surface area contributed by atoms with Gasteiger partial charge in [-0.15, -0.1) is 0 Å². The lowest BCUT2D eigenvalue weighted by Gasteiger charge is -1.96. The Hall–Kier alpha value is -0.300. The van der Waals surface area contributed by atoms with E-state index in [2.05, 4.69) is 27.7 Å². The predicted molar refractivity (Wildman–Crippen MR) is 53.8 cm³/mol. The number of nitrogens with two attached hydrogens (primary N) is 1. The summed E-state index contributed by atoms with van der Waals surface area (Å²) < 4.78 is 11.0. The third kappa shape index (κ3) is 2.34. The first-order valence-electron chi connectivity index (χ1n) is 3.73. The van der Waals surface area contributed by atoms with Gasteiger partial charge in [-0.2, -0.15) is 0 Å². The fraction of sp³-hybridized carbons (Fsp3) is 0.571. The van der Waals surface area contributed by atoms with E-state index in [1.165, 1.54) is 0 Å². The van der Waals surface area contributed by atoms with Gasteiger partial charge in [-0.25, -0.2) is 0 Å². The zero-order valence-electron chi connectivity index (χ0n) is 6.84. The maximum Gasteiger partial charge on any atom is 0.180 e. The Morgan fingerprint density at radius 3 is 2.92 bits per heavy atom. The average Bonchev–Trinajstić information content (AvgIpc) is 2.36. The van der Waals surface area contributed by atoms with Crippen molar-refractivity contribution in [2.45, 2.75) is 13.3 Å². The van der Waals surface area contributed by atoms with Crippen molar-refractivity contribution in [3.63, 3.8) is 0 Å². The first kappa shape index (κ1) is 9.79. The van der Waals surface area contributed by atoms with Gasteiger partial charge in [-0.05, 0) is 29.5 Å². The highest BCUT2D eigenvalue weighted by atomic mass is 127. The van der Waals surface area contributed by atoms with Crippen LogP contribution in [0.25, 0.3) is 0 Å². The van der Waals surface area contributed by atoms with Gasteiger partial charge in [0.15, 0.2) is 11.6 Å². The lowest BCUT2D eigenvalue weighted by molar-refractivity contribution is 0.145. The molecule has 1 aromatic heterocycles. The number of hydrogen-bond donors (Lipinski definition) is 1. The molecule has 0 aliphatic heterocycles. The summed E-state index contributed by atoms with van der Waals surface area (Å²) in [6, 6.07) is 0. The van der Waals surface area contributed by atoms with Gasteiger partial charge in [0.25, 0.3) is 0 Å². The molecule has 1 rings (SSSR count). The first-order chi connectivity index (χ1) is 5.75. The fourth-order valence-electron chi connectivity index (χ4n) is 0.792. The second-order valence-corrected chi connectivity index (χ2v) is 3.33. The Morgan fingerprint density at radius 2 is 2.42 bits per heavy atom. The topological polar surface area (TPSA) is 61.3 Å². The number of halogens is 1. The second kappa shape index (κ2) is 4.66. The molecule has 0 saturated carbocycles. The Bertz CT molecular complexity index is 250. The van der Waals surface area contributed by atoms with Crippen LogP contribution in [-0.2, 0) is 11.2 Å². The summed E-state index contributed by atoms with van der Waals surface area (Å²) in [6.07, 6.45) is 0.732. The van der Waals surface area contributed by atoms with E-state index in [-0.39, 0.29) is 0 Å². The zero-order chi connectivity index (χ0) is 8.97. The first-order valence-corrected chi connectivity index (χ1v) is 4.80. The molecule has 2 N–H and O–H groups in total. The maximum absolute atomic E-state index is 5.49. The van der Waals surface area contributed by atoms with E-state index in [1.807, 2.05) is 6.92 Å². The molecule has 5 heteroatoms. The van der Waals surface area contributed by atoms with E-state index in [9.17, 15) is 0 Å². The maximum atomic E-state index is 5.49. The summed E-state index contributed by atoms with van der Waals surface area (Å²) >= 11 is 2.12. The Labute approximate surface area is 84.6 Å². The monoisotopic (exact) mass is 282 g/mol. The Morgan fingerprint density at radius 1 is 1.67 bits per heavy atom. The summed E-state index contributed by atoms with van der Waals surface area (Å²) in [5.41, 5.74) is 5.49. The van der Waals surface area contributed by atoms with Crippen molar-refractivity contribution >= 4 is 28.4 Å². The van der Waals surface area contributed by atoms with Gasteiger partial charge in [0, 0.05) is 13.0 Å². The van der Waals surface area contributed by atoms with E-state index in [0.29, 0.717) is 12.4 Å². The van der Waals surface area contributed by atoms with Crippen LogP contribution in [0.4, 0.5) is 5.82 Å². The Balaban J connectivity index is 2.46. The number of rotatable bonds is 4. The van der Waals surface area contributed by atoms with Crippen LogP contribution in [0.3, 0.4) is 0 Å². The minimum absolute atomic E-state index is 0.460. The normalized spacial score (nSPS) is 10.5. The average molecular weight is 282 g/mol. The largest absolute Gasteiger partial charge is 0.381 e. The van der Waals surface area contributed by atoms with Gasteiger partial charge in [0.2, 0.25) is 0 Å². The molecule has 0 radical (unpaired) electrons. The van der Waals surface area contributed by atoms with Gasteiger partial charge < -0.3 is 15.0 Å². The van der Waals surface area contributed by atoms with Crippen molar-refractivity contribution in [2.24, 2.45) is 0 Å². The van der Waals surface area contributed by atoms with Crippen molar-refractivity contribution in [3.8, 4) is 0 Å². The Kier molecular flexibility index (Phi) is 3.80. The van der Waals surface area contributed by atoms with Crippen molar-refractivity contribution in [3.05, 3.63) is 9.33 Å². The molecule has 12 heavy (non-hydrogen) atoms. The summed E-state index contributed by atoms with van der Waals surface area (Å²) in [5, 5.41) is 3.63. The van der Waals surface area contributed by atoms with Crippen molar-refractivity contribution in [2.75, 3.05) is 18.9 Å². The third-order valence-electron chi connectivity index (χ3n) is 1.40. The summed E-state index contributed by atoms with van der Waals surface area (Å²) in [5.74, 6) is 1.27. The summed E-state index contributed by atoms with van der Waals surface area (Å²) in [6.45, 7) is 3.33. The molecule has 0 aliphatic carbocycles. The second-order valence-electron chi connectivity index (χ2n) is 2.25. The molecular weight excluding hydrogens is 271 g/mol. The van der Waals surface area contributed by atoms with E-state index < -0.39 is 0 Å².